The van der Waals surface area contributed by atoms with Crippen molar-refractivity contribution in [2.24, 2.45) is 0 Å². The molecule has 1 aromatic heterocycles. The molecule has 2 heterocycles. The van der Waals surface area contributed by atoms with Crippen molar-refractivity contribution in [3.8, 4) is 11.4 Å². The van der Waals surface area contributed by atoms with Crippen molar-refractivity contribution in [1.29, 1.82) is 0 Å². The number of imide groups is 1. The number of carbonyl (C=O) groups excluding carboxylic acids is 2. The van der Waals surface area contributed by atoms with Gasteiger partial charge in [0, 0.05) is 22.9 Å². The molecule has 0 saturated carbocycles. The molecule has 0 spiro atoms. The average Bonchev–Trinajstić information content (AvgIpc) is 3.17. The maximum atomic E-state index is 12.4. The first-order valence-corrected chi connectivity index (χ1v) is 9.95. The van der Waals surface area contributed by atoms with Gasteiger partial charge in [0.15, 0.2) is 5.82 Å². The summed E-state index contributed by atoms with van der Waals surface area (Å²) in [6.45, 7) is 0.233. The van der Waals surface area contributed by atoms with Crippen LogP contribution in [-0.4, -0.2) is 43.9 Å². The summed E-state index contributed by atoms with van der Waals surface area (Å²) in [7, 11) is 0. The van der Waals surface area contributed by atoms with Gasteiger partial charge in [-0.3, -0.25) is 14.5 Å². The average molecular weight is 434 g/mol. The van der Waals surface area contributed by atoms with Crippen molar-refractivity contribution >= 4 is 46.8 Å². The first-order chi connectivity index (χ1) is 13.5. The number of nitrogen functional groups attached to an aromatic ring is 1. The second kappa shape index (κ2) is 7.46. The zero-order valence-electron chi connectivity index (χ0n) is 14.3. The highest BCUT2D eigenvalue weighted by atomic mass is 35.5. The molecule has 0 fully saturated rings. The number of rotatable bonds is 5. The number of benzene rings is 2. The Hall–Kier alpha value is -2.55. The predicted molar refractivity (Wildman–Crippen MR) is 108 cm³/mol. The summed E-state index contributed by atoms with van der Waals surface area (Å²) in [5, 5.41) is 9.53. The number of amides is 2. The summed E-state index contributed by atoms with van der Waals surface area (Å²) < 4.78 is 1.31. The molecule has 4 rings (SSSR count). The van der Waals surface area contributed by atoms with Gasteiger partial charge in [-0.1, -0.05) is 47.1 Å². The van der Waals surface area contributed by atoms with Crippen LogP contribution < -0.4 is 5.84 Å². The van der Waals surface area contributed by atoms with E-state index in [4.69, 9.17) is 29.0 Å². The Morgan fingerprint density at radius 1 is 0.964 bits per heavy atom. The van der Waals surface area contributed by atoms with E-state index in [1.54, 1.807) is 42.5 Å². The molecule has 0 bridgehead atoms. The smallest absolute Gasteiger partial charge is 0.261 e. The van der Waals surface area contributed by atoms with Gasteiger partial charge in [0.2, 0.25) is 5.16 Å². The molecule has 0 saturated heterocycles. The number of fused-ring (bicyclic) bond motifs is 1. The quantitative estimate of drug-likeness (QED) is 0.376. The van der Waals surface area contributed by atoms with Crippen molar-refractivity contribution in [3.63, 3.8) is 0 Å². The third-order valence-electron chi connectivity index (χ3n) is 4.26. The number of hydrogen-bond acceptors (Lipinski definition) is 6. The molecule has 0 unspecified atom stereocenters. The molecule has 0 aliphatic carbocycles. The maximum absolute atomic E-state index is 12.4. The van der Waals surface area contributed by atoms with Crippen LogP contribution in [0.3, 0.4) is 0 Å². The highest BCUT2D eigenvalue weighted by Crippen LogP contribution is 2.30. The zero-order chi connectivity index (χ0) is 19.8. The number of thioether (sulfide) groups is 1. The van der Waals surface area contributed by atoms with Gasteiger partial charge in [0.1, 0.15) is 0 Å². The number of halogens is 2. The number of carbonyl (C=O) groups is 2. The fourth-order valence-corrected chi connectivity index (χ4v) is 4.05. The summed E-state index contributed by atoms with van der Waals surface area (Å²) in [6.07, 6.45) is 0. The van der Waals surface area contributed by atoms with Gasteiger partial charge in [0.05, 0.1) is 16.1 Å². The Morgan fingerprint density at radius 2 is 1.64 bits per heavy atom. The summed E-state index contributed by atoms with van der Waals surface area (Å²) in [6, 6.07) is 11.8. The molecule has 2 aromatic carbocycles. The van der Waals surface area contributed by atoms with E-state index in [9.17, 15) is 9.59 Å². The highest BCUT2D eigenvalue weighted by Gasteiger charge is 2.34. The highest BCUT2D eigenvalue weighted by molar-refractivity contribution is 7.99. The molecular weight excluding hydrogens is 421 g/mol. The first-order valence-electron chi connectivity index (χ1n) is 8.21. The lowest BCUT2D eigenvalue weighted by molar-refractivity contribution is 0.0664. The van der Waals surface area contributed by atoms with Crippen LogP contribution in [-0.2, 0) is 0 Å². The lowest BCUT2D eigenvalue weighted by Gasteiger charge is -2.13. The van der Waals surface area contributed by atoms with E-state index in [0.29, 0.717) is 43.5 Å². The Morgan fingerprint density at radius 3 is 2.32 bits per heavy atom. The van der Waals surface area contributed by atoms with Crippen LogP contribution in [0.15, 0.2) is 47.6 Å². The minimum atomic E-state index is -0.290. The topological polar surface area (TPSA) is 94.1 Å². The van der Waals surface area contributed by atoms with Gasteiger partial charge in [-0.25, -0.2) is 4.68 Å². The third-order valence-corrected chi connectivity index (χ3v) is 5.75. The van der Waals surface area contributed by atoms with Crippen LogP contribution in [0, 0.1) is 0 Å². The largest absolute Gasteiger partial charge is 0.335 e. The van der Waals surface area contributed by atoms with Crippen molar-refractivity contribution in [2.45, 2.75) is 5.16 Å². The minimum absolute atomic E-state index is 0.233. The van der Waals surface area contributed by atoms with Gasteiger partial charge >= 0.3 is 0 Å². The van der Waals surface area contributed by atoms with E-state index in [-0.39, 0.29) is 18.4 Å². The molecule has 7 nitrogen and oxygen atoms in total. The van der Waals surface area contributed by atoms with E-state index >= 15 is 0 Å². The minimum Gasteiger partial charge on any atom is -0.335 e. The number of nitrogens with two attached hydrogens (primary N) is 1. The molecule has 142 valence electrons. The summed E-state index contributed by atoms with van der Waals surface area (Å²) >= 11 is 13.5. The normalized spacial score (nSPS) is 13.3. The summed E-state index contributed by atoms with van der Waals surface area (Å²) in [5.74, 6) is 6.31. The zero-order valence-corrected chi connectivity index (χ0v) is 16.6. The van der Waals surface area contributed by atoms with Gasteiger partial charge in [-0.15, -0.1) is 10.2 Å². The summed E-state index contributed by atoms with van der Waals surface area (Å²) in [4.78, 5) is 26.0. The van der Waals surface area contributed by atoms with E-state index in [0.717, 1.165) is 0 Å². The van der Waals surface area contributed by atoms with Crippen molar-refractivity contribution in [2.75, 3.05) is 18.1 Å². The number of nitrogens with zero attached hydrogens (tertiary/aromatic N) is 4. The molecule has 2 N–H and O–H groups in total. The number of aromatic nitrogens is 3. The lowest BCUT2D eigenvalue weighted by atomic mass is 10.1. The van der Waals surface area contributed by atoms with E-state index in [1.165, 1.54) is 21.3 Å². The first kappa shape index (κ1) is 18.8. The van der Waals surface area contributed by atoms with Gasteiger partial charge in [-0.05, 0) is 30.3 Å². The molecule has 1 aliphatic heterocycles. The van der Waals surface area contributed by atoms with Crippen molar-refractivity contribution in [3.05, 3.63) is 63.6 Å². The Balaban J connectivity index is 1.46. The fourth-order valence-electron chi connectivity index (χ4n) is 2.90. The molecule has 1 aliphatic rings. The van der Waals surface area contributed by atoms with Crippen LogP contribution in [0.5, 0.6) is 0 Å². The second-order valence-electron chi connectivity index (χ2n) is 5.96. The Bertz CT molecular complexity index is 1070. The molecule has 10 heteroatoms. The Kier molecular flexibility index (Phi) is 5.01. The van der Waals surface area contributed by atoms with Crippen molar-refractivity contribution in [1.82, 2.24) is 19.8 Å². The van der Waals surface area contributed by atoms with Crippen LogP contribution in [0.2, 0.25) is 10.0 Å². The molecular formula is C18H13Cl2N5O2S. The molecule has 0 radical (unpaired) electrons. The van der Waals surface area contributed by atoms with Crippen molar-refractivity contribution < 1.29 is 9.59 Å². The molecule has 28 heavy (non-hydrogen) atoms. The SMILES string of the molecule is Nn1c(SCCN2C(=O)c3ccccc3C2=O)nnc1-c1cc(Cl)ccc1Cl. The van der Waals surface area contributed by atoms with E-state index in [2.05, 4.69) is 10.2 Å². The molecule has 3 aromatic rings. The summed E-state index contributed by atoms with van der Waals surface area (Å²) in [5.41, 5.74) is 1.42. The van der Waals surface area contributed by atoms with Crippen LogP contribution in [0.4, 0.5) is 0 Å². The number of hydrogen-bond donors (Lipinski definition) is 1. The van der Waals surface area contributed by atoms with Gasteiger partial charge in [-0.2, -0.15) is 0 Å². The third kappa shape index (κ3) is 3.23. The fraction of sp³-hybridized carbons (Fsp3) is 0.111. The van der Waals surface area contributed by atoms with Crippen LogP contribution in [0.25, 0.3) is 11.4 Å². The standard InChI is InChI=1S/C18H13Cl2N5O2S/c19-10-5-6-14(20)13(9-10)15-22-23-18(25(15)21)28-8-7-24-16(26)11-3-1-2-4-12(11)17(24)27/h1-6,9H,7-8,21H2. The second-order valence-corrected chi connectivity index (χ2v) is 7.86. The Labute approximate surface area is 174 Å². The monoisotopic (exact) mass is 433 g/mol. The molecule has 2 amide bonds. The lowest BCUT2D eigenvalue weighted by Crippen LogP contribution is -2.32. The van der Waals surface area contributed by atoms with Crippen LogP contribution in [0.1, 0.15) is 20.7 Å². The van der Waals surface area contributed by atoms with Crippen LogP contribution >= 0.6 is 35.0 Å². The molecule has 0 atom stereocenters. The van der Waals surface area contributed by atoms with Gasteiger partial charge < -0.3 is 5.84 Å². The van der Waals surface area contributed by atoms with Gasteiger partial charge in [0.25, 0.3) is 11.8 Å². The predicted octanol–water partition coefficient (Wildman–Crippen LogP) is 3.35. The maximum Gasteiger partial charge on any atom is 0.261 e. The van der Waals surface area contributed by atoms with E-state index in [1.807, 2.05) is 0 Å². The van der Waals surface area contributed by atoms with E-state index < -0.39 is 0 Å².